The third kappa shape index (κ3) is 3.22. The summed E-state index contributed by atoms with van der Waals surface area (Å²) in [5.41, 5.74) is 10.7. The summed E-state index contributed by atoms with van der Waals surface area (Å²) in [6, 6.07) is 25.9. The van der Waals surface area contributed by atoms with Gasteiger partial charge in [0.25, 0.3) is 0 Å². The first kappa shape index (κ1) is 15.4. The van der Waals surface area contributed by atoms with Gasteiger partial charge < -0.3 is 11.1 Å². The Morgan fingerprint density at radius 2 is 1.28 bits per heavy atom. The van der Waals surface area contributed by atoms with Crippen molar-refractivity contribution in [2.45, 2.75) is 0 Å². The zero-order chi connectivity index (χ0) is 17.1. The van der Waals surface area contributed by atoms with Gasteiger partial charge in [-0.3, -0.25) is 0 Å². The maximum atomic E-state index is 6.06. The highest BCUT2D eigenvalue weighted by atomic mass is 32.1. The number of nitrogens with zero attached hydrogens (tertiary/aromatic N) is 2. The minimum absolute atomic E-state index is 0.709. The molecule has 0 saturated heterocycles. The predicted octanol–water partition coefficient (Wildman–Crippen LogP) is 5.20. The quantitative estimate of drug-likeness (QED) is 0.500. The fraction of sp³-hybridized carbons (Fsp3) is 0. The van der Waals surface area contributed by atoms with Crippen molar-refractivity contribution < 1.29 is 0 Å². The molecule has 0 bridgehead atoms. The van der Waals surface area contributed by atoms with Crippen molar-refractivity contribution in [3.05, 3.63) is 78.9 Å². The smallest absolute Gasteiger partial charge is 0.150 e. The fourth-order valence-corrected chi connectivity index (χ4v) is 3.52. The largest absolute Gasteiger partial charge is 0.398 e. The van der Waals surface area contributed by atoms with Crippen LogP contribution in [0, 0.1) is 0 Å². The van der Waals surface area contributed by atoms with Crippen molar-refractivity contribution in [1.29, 1.82) is 0 Å². The Morgan fingerprint density at radius 3 is 2.04 bits per heavy atom. The van der Waals surface area contributed by atoms with Gasteiger partial charge in [0.2, 0.25) is 0 Å². The first-order valence-corrected chi connectivity index (χ1v) is 8.73. The third-order valence-corrected chi connectivity index (χ3v) is 4.82. The van der Waals surface area contributed by atoms with Gasteiger partial charge in [0.05, 0.1) is 0 Å². The van der Waals surface area contributed by atoms with Crippen LogP contribution in [0.5, 0.6) is 0 Å². The lowest BCUT2D eigenvalue weighted by atomic mass is 10.2. The molecule has 0 aliphatic carbocycles. The first-order valence-electron chi connectivity index (χ1n) is 7.91. The topological polar surface area (TPSA) is 63.8 Å². The number of nitrogens with two attached hydrogens (primary N) is 1. The number of nitrogen functional groups attached to an aromatic ring is 1. The van der Waals surface area contributed by atoms with Gasteiger partial charge in [0, 0.05) is 28.2 Å². The van der Waals surface area contributed by atoms with E-state index < -0.39 is 0 Å². The molecule has 3 aromatic carbocycles. The highest BCUT2D eigenvalue weighted by Crippen LogP contribution is 2.36. The minimum atomic E-state index is 0.709. The van der Waals surface area contributed by atoms with Crippen LogP contribution in [0.3, 0.4) is 0 Å². The number of aromatic nitrogens is 2. The second-order valence-electron chi connectivity index (χ2n) is 5.54. The molecule has 1 aromatic heterocycles. The molecule has 0 fully saturated rings. The number of para-hydroxylation sites is 3. The number of nitrogens with one attached hydrogen (secondary N) is 1. The van der Waals surface area contributed by atoms with E-state index in [0.29, 0.717) is 5.69 Å². The van der Waals surface area contributed by atoms with Gasteiger partial charge in [-0.15, -0.1) is 10.2 Å². The summed E-state index contributed by atoms with van der Waals surface area (Å²) in [4.78, 5) is 0. The molecule has 0 saturated carbocycles. The second kappa shape index (κ2) is 6.75. The molecule has 25 heavy (non-hydrogen) atoms. The molecule has 4 nitrogen and oxygen atoms in total. The number of hydrogen-bond donors (Lipinski definition) is 2. The van der Waals surface area contributed by atoms with Crippen LogP contribution in [0.2, 0.25) is 0 Å². The van der Waals surface area contributed by atoms with E-state index in [4.69, 9.17) is 5.73 Å². The normalized spacial score (nSPS) is 10.6. The standard InChI is InChI=1S/C20H16N4S/c21-17-12-6-4-10-15(17)19-23-24-20(25-19)16-11-5-7-13-18(16)22-14-8-2-1-3-9-14/h1-13,22H,21H2. The SMILES string of the molecule is Nc1ccccc1-c1nnc(-c2ccccc2Nc2ccccc2)s1. The molecule has 122 valence electrons. The maximum Gasteiger partial charge on any atom is 0.150 e. The van der Waals surface area contributed by atoms with E-state index in [1.54, 1.807) is 0 Å². The summed E-state index contributed by atoms with van der Waals surface area (Å²) in [7, 11) is 0. The van der Waals surface area contributed by atoms with Crippen LogP contribution in [-0.2, 0) is 0 Å². The average molecular weight is 344 g/mol. The van der Waals surface area contributed by atoms with Gasteiger partial charge in [-0.05, 0) is 36.4 Å². The van der Waals surface area contributed by atoms with Crippen LogP contribution < -0.4 is 11.1 Å². The molecular formula is C20H16N4S. The van der Waals surface area contributed by atoms with Crippen molar-refractivity contribution in [3.8, 4) is 21.1 Å². The Balaban J connectivity index is 1.71. The molecule has 5 heteroatoms. The average Bonchev–Trinajstić information content (AvgIpc) is 3.13. The van der Waals surface area contributed by atoms with Crippen molar-refractivity contribution >= 4 is 28.4 Å². The third-order valence-electron chi connectivity index (χ3n) is 3.83. The molecule has 0 aliphatic rings. The van der Waals surface area contributed by atoms with Crippen LogP contribution in [0.4, 0.5) is 17.1 Å². The summed E-state index contributed by atoms with van der Waals surface area (Å²) < 4.78 is 0. The Morgan fingerprint density at radius 1 is 0.680 bits per heavy atom. The van der Waals surface area contributed by atoms with E-state index in [1.807, 2.05) is 78.9 Å². The molecule has 0 spiro atoms. The molecule has 0 atom stereocenters. The highest BCUT2D eigenvalue weighted by Gasteiger charge is 2.13. The number of hydrogen-bond acceptors (Lipinski definition) is 5. The van der Waals surface area contributed by atoms with E-state index in [0.717, 1.165) is 32.5 Å². The van der Waals surface area contributed by atoms with Gasteiger partial charge in [-0.2, -0.15) is 0 Å². The van der Waals surface area contributed by atoms with Gasteiger partial charge in [0.1, 0.15) is 10.0 Å². The van der Waals surface area contributed by atoms with Gasteiger partial charge in [0.15, 0.2) is 0 Å². The Kier molecular flexibility index (Phi) is 4.14. The Bertz CT molecular complexity index is 995. The molecule has 1 heterocycles. The summed E-state index contributed by atoms with van der Waals surface area (Å²) in [5.74, 6) is 0. The molecule has 3 N–H and O–H groups in total. The van der Waals surface area contributed by atoms with E-state index in [-0.39, 0.29) is 0 Å². The number of benzene rings is 3. The Labute approximate surface area is 150 Å². The minimum Gasteiger partial charge on any atom is -0.398 e. The molecule has 4 aromatic rings. The van der Waals surface area contributed by atoms with E-state index in [9.17, 15) is 0 Å². The van der Waals surface area contributed by atoms with Crippen LogP contribution >= 0.6 is 11.3 Å². The van der Waals surface area contributed by atoms with E-state index in [2.05, 4.69) is 15.5 Å². The van der Waals surface area contributed by atoms with Gasteiger partial charge in [-0.25, -0.2) is 0 Å². The molecule has 0 aliphatic heterocycles. The zero-order valence-electron chi connectivity index (χ0n) is 13.4. The second-order valence-corrected chi connectivity index (χ2v) is 6.51. The van der Waals surface area contributed by atoms with E-state index >= 15 is 0 Å². The lowest BCUT2D eigenvalue weighted by Crippen LogP contribution is -1.92. The van der Waals surface area contributed by atoms with Crippen LogP contribution in [-0.4, -0.2) is 10.2 Å². The lowest BCUT2D eigenvalue weighted by Gasteiger charge is -2.09. The monoisotopic (exact) mass is 344 g/mol. The van der Waals surface area contributed by atoms with Crippen molar-refractivity contribution in [2.24, 2.45) is 0 Å². The predicted molar refractivity (Wildman–Crippen MR) is 105 cm³/mol. The molecule has 0 unspecified atom stereocenters. The summed E-state index contributed by atoms with van der Waals surface area (Å²) in [6.07, 6.45) is 0. The van der Waals surface area contributed by atoms with Crippen molar-refractivity contribution in [2.75, 3.05) is 11.1 Å². The number of anilines is 3. The molecule has 0 amide bonds. The maximum absolute atomic E-state index is 6.06. The van der Waals surface area contributed by atoms with Gasteiger partial charge in [-0.1, -0.05) is 53.8 Å². The van der Waals surface area contributed by atoms with Crippen molar-refractivity contribution in [3.63, 3.8) is 0 Å². The summed E-state index contributed by atoms with van der Waals surface area (Å²) in [5, 5.41) is 13.8. The highest BCUT2D eigenvalue weighted by molar-refractivity contribution is 7.18. The molecule has 4 rings (SSSR count). The van der Waals surface area contributed by atoms with Crippen LogP contribution in [0.25, 0.3) is 21.1 Å². The van der Waals surface area contributed by atoms with Crippen molar-refractivity contribution in [1.82, 2.24) is 10.2 Å². The van der Waals surface area contributed by atoms with Crippen LogP contribution in [0.15, 0.2) is 78.9 Å². The molecular weight excluding hydrogens is 328 g/mol. The number of rotatable bonds is 4. The zero-order valence-corrected chi connectivity index (χ0v) is 14.2. The first-order chi connectivity index (χ1) is 12.3. The summed E-state index contributed by atoms with van der Waals surface area (Å²) >= 11 is 1.54. The van der Waals surface area contributed by atoms with Gasteiger partial charge >= 0.3 is 0 Å². The van der Waals surface area contributed by atoms with E-state index in [1.165, 1.54) is 11.3 Å². The Hall–Kier alpha value is -3.18. The fourth-order valence-electron chi connectivity index (χ4n) is 2.59. The van der Waals surface area contributed by atoms with Crippen LogP contribution in [0.1, 0.15) is 0 Å². The summed E-state index contributed by atoms with van der Waals surface area (Å²) in [6.45, 7) is 0. The lowest BCUT2D eigenvalue weighted by molar-refractivity contribution is 1.10. The molecule has 0 radical (unpaired) electrons.